The number of nitrogens with zero attached hydrogens (tertiary/aromatic N) is 6. The first-order valence-electron chi connectivity index (χ1n) is 8.94. The van der Waals surface area contributed by atoms with E-state index in [2.05, 4.69) is 36.6 Å². The average molecular weight is 412 g/mol. The first kappa shape index (κ1) is 17.4. The minimum Gasteiger partial charge on any atom is -0.353 e. The molecule has 1 N–H and O–H groups in total. The highest BCUT2D eigenvalue weighted by molar-refractivity contribution is 8.01. The Morgan fingerprint density at radius 1 is 1.29 bits per heavy atom. The Morgan fingerprint density at radius 2 is 2.21 bits per heavy atom. The number of hydrogen-bond acceptors (Lipinski definition) is 8. The molecule has 0 spiro atoms. The Bertz CT molecular complexity index is 1110. The number of para-hydroxylation sites is 1. The number of thiazole rings is 1. The van der Waals surface area contributed by atoms with Crippen LogP contribution in [0.1, 0.15) is 6.42 Å². The first-order chi connectivity index (χ1) is 13.7. The highest BCUT2D eigenvalue weighted by atomic mass is 32.2. The number of nitrogens with one attached hydrogen (secondary N) is 1. The van der Waals surface area contributed by atoms with Gasteiger partial charge in [0.25, 0.3) is 0 Å². The smallest absolute Gasteiger partial charge is 0.230 e. The molecule has 1 saturated heterocycles. The van der Waals surface area contributed by atoms with Gasteiger partial charge in [-0.1, -0.05) is 23.9 Å². The lowest BCUT2D eigenvalue weighted by atomic mass is 10.2. The van der Waals surface area contributed by atoms with Crippen molar-refractivity contribution in [1.29, 1.82) is 0 Å². The number of anilines is 1. The minimum atomic E-state index is 0.0401. The van der Waals surface area contributed by atoms with E-state index in [4.69, 9.17) is 0 Å². The third-order valence-electron chi connectivity index (χ3n) is 4.63. The Hall–Kier alpha value is -2.72. The predicted octanol–water partition coefficient (Wildman–Crippen LogP) is 2.22. The first-order valence-corrected chi connectivity index (χ1v) is 10.7. The monoisotopic (exact) mass is 411 g/mol. The second kappa shape index (κ2) is 7.36. The third kappa shape index (κ3) is 3.52. The maximum atomic E-state index is 12.4. The molecule has 1 fully saturated rings. The van der Waals surface area contributed by atoms with E-state index in [0.29, 0.717) is 5.75 Å². The van der Waals surface area contributed by atoms with E-state index >= 15 is 0 Å². The quantitative estimate of drug-likeness (QED) is 0.504. The molecule has 4 heterocycles. The lowest BCUT2D eigenvalue weighted by Crippen LogP contribution is -2.38. The van der Waals surface area contributed by atoms with Gasteiger partial charge in [-0.05, 0) is 30.7 Å². The number of hydrogen-bond donors (Lipinski definition) is 1. The number of fused-ring (bicyclic) bond motifs is 2. The third-order valence-corrected chi connectivity index (χ3v) is 6.81. The predicted molar refractivity (Wildman–Crippen MR) is 110 cm³/mol. The summed E-state index contributed by atoms with van der Waals surface area (Å²) in [5.74, 6) is 1.28. The number of carbonyl (C=O) groups excluding carboxylic acids is 1. The van der Waals surface area contributed by atoms with E-state index in [1.807, 2.05) is 30.3 Å². The summed E-state index contributed by atoms with van der Waals surface area (Å²) in [5.41, 5.74) is 1.71. The zero-order valence-electron chi connectivity index (χ0n) is 14.9. The fraction of sp³-hybridized carbons (Fsp3) is 0.278. The van der Waals surface area contributed by atoms with Crippen molar-refractivity contribution >= 4 is 50.7 Å². The second-order valence-corrected chi connectivity index (χ2v) is 8.81. The molecule has 1 unspecified atom stereocenters. The molecule has 28 heavy (non-hydrogen) atoms. The number of carbonyl (C=O) groups is 1. The molecule has 8 nitrogen and oxygen atoms in total. The van der Waals surface area contributed by atoms with Gasteiger partial charge in [0.2, 0.25) is 5.91 Å². The maximum absolute atomic E-state index is 12.4. The Kier molecular flexibility index (Phi) is 4.57. The molecule has 5 rings (SSSR count). The molecule has 1 amide bonds. The van der Waals surface area contributed by atoms with E-state index < -0.39 is 0 Å². The summed E-state index contributed by atoms with van der Waals surface area (Å²) in [4.78, 5) is 19.1. The zero-order valence-corrected chi connectivity index (χ0v) is 16.5. The molecule has 4 aromatic rings. The number of rotatable bonds is 5. The summed E-state index contributed by atoms with van der Waals surface area (Å²) in [6.45, 7) is 1.61. The van der Waals surface area contributed by atoms with Crippen LogP contribution in [0.25, 0.3) is 15.9 Å². The van der Waals surface area contributed by atoms with E-state index in [1.54, 1.807) is 22.2 Å². The van der Waals surface area contributed by atoms with E-state index in [1.165, 1.54) is 11.8 Å². The van der Waals surface area contributed by atoms with Crippen LogP contribution in [0.3, 0.4) is 0 Å². The molecule has 10 heteroatoms. The van der Waals surface area contributed by atoms with Gasteiger partial charge >= 0.3 is 0 Å². The van der Waals surface area contributed by atoms with Gasteiger partial charge in [0.15, 0.2) is 9.99 Å². The van der Waals surface area contributed by atoms with Crippen molar-refractivity contribution < 1.29 is 4.79 Å². The van der Waals surface area contributed by atoms with Crippen molar-refractivity contribution in [3.05, 3.63) is 42.7 Å². The molecule has 0 aliphatic carbocycles. The van der Waals surface area contributed by atoms with Gasteiger partial charge in [0.05, 0.1) is 16.0 Å². The maximum Gasteiger partial charge on any atom is 0.230 e. The van der Waals surface area contributed by atoms with Gasteiger partial charge in [-0.15, -0.1) is 26.6 Å². The summed E-state index contributed by atoms with van der Waals surface area (Å²) in [7, 11) is 0. The SMILES string of the molecule is O=C(CSc1nc2ccccc2s1)NC1CCN(c2ccc3nncn3n2)C1. The highest BCUT2D eigenvalue weighted by Crippen LogP contribution is 2.29. The molecule has 1 aliphatic rings. The van der Waals surface area contributed by atoms with Crippen LogP contribution in [0.4, 0.5) is 5.82 Å². The summed E-state index contributed by atoms with van der Waals surface area (Å²) in [5, 5.41) is 15.5. The number of amides is 1. The van der Waals surface area contributed by atoms with Gasteiger partial charge in [-0.2, -0.15) is 4.52 Å². The van der Waals surface area contributed by atoms with Crippen molar-refractivity contribution in [2.45, 2.75) is 16.8 Å². The largest absolute Gasteiger partial charge is 0.353 e. The summed E-state index contributed by atoms with van der Waals surface area (Å²) in [6.07, 6.45) is 2.49. The molecule has 142 valence electrons. The van der Waals surface area contributed by atoms with Gasteiger partial charge in [-0.25, -0.2) is 4.98 Å². The van der Waals surface area contributed by atoms with Crippen molar-refractivity contribution in [1.82, 2.24) is 30.1 Å². The second-order valence-electron chi connectivity index (χ2n) is 6.56. The number of thioether (sulfide) groups is 1. The topological polar surface area (TPSA) is 88.3 Å². The van der Waals surface area contributed by atoms with Crippen LogP contribution in [-0.2, 0) is 4.79 Å². The Balaban J connectivity index is 1.15. The van der Waals surface area contributed by atoms with Gasteiger partial charge in [0.1, 0.15) is 12.1 Å². The molecule has 0 bridgehead atoms. The van der Waals surface area contributed by atoms with Crippen LogP contribution in [0.15, 0.2) is 47.1 Å². The number of aromatic nitrogens is 5. The average Bonchev–Trinajstić information content (AvgIpc) is 3.44. The van der Waals surface area contributed by atoms with E-state index in [9.17, 15) is 4.79 Å². The molecule has 0 radical (unpaired) electrons. The van der Waals surface area contributed by atoms with Crippen LogP contribution in [-0.4, -0.2) is 55.6 Å². The lowest BCUT2D eigenvalue weighted by molar-refractivity contribution is -0.119. The summed E-state index contributed by atoms with van der Waals surface area (Å²) >= 11 is 3.11. The standard InChI is InChI=1S/C18H17N7OS2/c26-17(10-27-18-21-13-3-1-2-4-14(13)28-18)20-12-7-8-24(9-12)16-6-5-15-22-19-11-25(15)23-16/h1-6,11-12H,7-10H2,(H,20,26). The van der Waals surface area contributed by atoms with Crippen LogP contribution in [0.5, 0.6) is 0 Å². The van der Waals surface area contributed by atoms with Crippen molar-refractivity contribution in [2.24, 2.45) is 0 Å². The Labute approximate surface area is 169 Å². The molecule has 1 aliphatic heterocycles. The molecule has 0 saturated carbocycles. The van der Waals surface area contributed by atoms with Gasteiger partial charge < -0.3 is 10.2 Å². The zero-order chi connectivity index (χ0) is 18.9. The van der Waals surface area contributed by atoms with Crippen LogP contribution < -0.4 is 10.2 Å². The summed E-state index contributed by atoms with van der Waals surface area (Å²) in [6, 6.07) is 12.0. The van der Waals surface area contributed by atoms with Gasteiger partial charge in [-0.3, -0.25) is 4.79 Å². The van der Waals surface area contributed by atoms with Crippen LogP contribution in [0, 0.1) is 0 Å². The van der Waals surface area contributed by atoms with Gasteiger partial charge in [0, 0.05) is 19.1 Å². The fourth-order valence-corrected chi connectivity index (χ4v) is 5.16. The molecule has 1 atom stereocenters. The normalized spacial score (nSPS) is 16.9. The minimum absolute atomic E-state index is 0.0401. The molecular weight excluding hydrogens is 394 g/mol. The van der Waals surface area contributed by atoms with Crippen molar-refractivity contribution in [2.75, 3.05) is 23.7 Å². The fourth-order valence-electron chi connectivity index (χ4n) is 3.28. The van der Waals surface area contributed by atoms with E-state index in [-0.39, 0.29) is 11.9 Å². The summed E-state index contributed by atoms with van der Waals surface area (Å²) < 4.78 is 3.74. The molecule has 1 aromatic carbocycles. The lowest BCUT2D eigenvalue weighted by Gasteiger charge is -2.17. The Morgan fingerprint density at radius 3 is 3.14 bits per heavy atom. The van der Waals surface area contributed by atoms with Crippen molar-refractivity contribution in [3.63, 3.8) is 0 Å². The van der Waals surface area contributed by atoms with Crippen LogP contribution in [0.2, 0.25) is 0 Å². The number of benzene rings is 1. The highest BCUT2D eigenvalue weighted by Gasteiger charge is 2.25. The van der Waals surface area contributed by atoms with Crippen LogP contribution >= 0.6 is 23.1 Å². The molecular formula is C18H17N7OS2. The van der Waals surface area contributed by atoms with E-state index in [0.717, 1.165) is 45.5 Å². The van der Waals surface area contributed by atoms with Crippen molar-refractivity contribution in [3.8, 4) is 0 Å². The molecule has 3 aromatic heterocycles.